The van der Waals surface area contributed by atoms with Crippen molar-refractivity contribution < 1.29 is 9.15 Å². The van der Waals surface area contributed by atoms with E-state index in [0.29, 0.717) is 0 Å². The van der Waals surface area contributed by atoms with E-state index in [1.807, 2.05) is 6.26 Å². The van der Waals surface area contributed by atoms with Gasteiger partial charge in [0.15, 0.2) is 0 Å². The smallest absolute Gasteiger partial charge is 0.122 e. The molecule has 1 aromatic heterocycles. The highest BCUT2D eigenvalue weighted by atomic mass is 16.5. The van der Waals surface area contributed by atoms with Gasteiger partial charge in [-0.1, -0.05) is 6.92 Å². The minimum Gasteiger partial charge on any atom is -0.468 e. The molecule has 1 aliphatic heterocycles. The zero-order valence-corrected chi connectivity index (χ0v) is 12.9. The van der Waals surface area contributed by atoms with E-state index >= 15 is 0 Å². The van der Waals surface area contributed by atoms with Gasteiger partial charge in [-0.2, -0.15) is 0 Å². The average Bonchev–Trinajstić information content (AvgIpc) is 2.89. The zero-order valence-electron chi connectivity index (χ0n) is 12.9. The molecule has 1 fully saturated rings. The summed E-state index contributed by atoms with van der Waals surface area (Å²) < 4.78 is 10.9. The molecular weight excluding hydrogens is 252 g/mol. The Morgan fingerprint density at radius 2 is 2.20 bits per heavy atom. The lowest BCUT2D eigenvalue weighted by molar-refractivity contribution is 0.0937. The first-order chi connectivity index (χ1) is 9.83. The second kappa shape index (κ2) is 8.45. The van der Waals surface area contributed by atoms with Gasteiger partial charge in [0, 0.05) is 25.8 Å². The second-order valence-corrected chi connectivity index (χ2v) is 5.72. The standard InChI is InChI=1S/C16H28N2O2/c1-3-7-17-11-15-6-10-20-16(15)12-18-8-4-14(5-9-18)13-19-2/h6,10,14,17H,3-5,7-9,11-13H2,1-2H3. The summed E-state index contributed by atoms with van der Waals surface area (Å²) in [5, 5.41) is 3.44. The topological polar surface area (TPSA) is 37.6 Å². The Labute approximate surface area is 122 Å². The fraction of sp³-hybridized carbons (Fsp3) is 0.750. The van der Waals surface area contributed by atoms with Crippen LogP contribution in [0.1, 0.15) is 37.5 Å². The van der Waals surface area contributed by atoms with E-state index < -0.39 is 0 Å². The van der Waals surface area contributed by atoms with E-state index in [2.05, 4.69) is 23.2 Å². The van der Waals surface area contributed by atoms with Gasteiger partial charge in [-0.05, 0) is 50.9 Å². The molecule has 0 unspecified atom stereocenters. The molecule has 20 heavy (non-hydrogen) atoms. The van der Waals surface area contributed by atoms with E-state index in [1.54, 1.807) is 7.11 Å². The van der Waals surface area contributed by atoms with E-state index in [1.165, 1.54) is 24.8 Å². The van der Waals surface area contributed by atoms with E-state index in [0.717, 1.165) is 51.0 Å². The van der Waals surface area contributed by atoms with Crippen LogP contribution in [-0.2, 0) is 17.8 Å². The van der Waals surface area contributed by atoms with Crippen LogP contribution in [0.15, 0.2) is 16.7 Å². The Hall–Kier alpha value is -0.840. The average molecular weight is 280 g/mol. The number of piperidine rings is 1. The van der Waals surface area contributed by atoms with Crippen molar-refractivity contribution in [2.45, 2.75) is 39.3 Å². The third-order valence-corrected chi connectivity index (χ3v) is 4.06. The molecular formula is C16H28N2O2. The SMILES string of the molecule is CCCNCc1ccoc1CN1CCC(COC)CC1. The summed E-state index contributed by atoms with van der Waals surface area (Å²) >= 11 is 0. The first-order valence-electron chi connectivity index (χ1n) is 7.80. The van der Waals surface area contributed by atoms with Gasteiger partial charge in [-0.15, -0.1) is 0 Å². The molecule has 0 amide bonds. The molecule has 1 N–H and O–H groups in total. The molecule has 0 atom stereocenters. The van der Waals surface area contributed by atoms with Crippen LogP contribution in [0.25, 0.3) is 0 Å². The predicted octanol–water partition coefficient (Wildman–Crippen LogP) is 2.64. The number of nitrogens with one attached hydrogen (secondary N) is 1. The molecule has 1 saturated heterocycles. The van der Waals surface area contributed by atoms with Crippen molar-refractivity contribution in [3.63, 3.8) is 0 Å². The summed E-state index contributed by atoms with van der Waals surface area (Å²) in [6.45, 7) is 8.31. The van der Waals surface area contributed by atoms with E-state index in [9.17, 15) is 0 Å². The van der Waals surface area contributed by atoms with Gasteiger partial charge < -0.3 is 14.5 Å². The van der Waals surface area contributed by atoms with Crippen molar-refractivity contribution in [1.29, 1.82) is 0 Å². The predicted molar refractivity (Wildman–Crippen MR) is 80.6 cm³/mol. The number of nitrogens with zero attached hydrogens (tertiary/aromatic N) is 1. The first-order valence-corrected chi connectivity index (χ1v) is 7.80. The fourth-order valence-corrected chi connectivity index (χ4v) is 2.81. The van der Waals surface area contributed by atoms with Crippen LogP contribution < -0.4 is 5.32 Å². The number of furan rings is 1. The van der Waals surface area contributed by atoms with Crippen LogP contribution in [0.3, 0.4) is 0 Å². The molecule has 0 bridgehead atoms. The van der Waals surface area contributed by atoms with Crippen molar-refractivity contribution in [2.24, 2.45) is 5.92 Å². The third kappa shape index (κ3) is 4.62. The van der Waals surface area contributed by atoms with Crippen LogP contribution in [0.2, 0.25) is 0 Å². The van der Waals surface area contributed by atoms with Gasteiger partial charge in [0.2, 0.25) is 0 Å². The largest absolute Gasteiger partial charge is 0.468 e. The van der Waals surface area contributed by atoms with Crippen LogP contribution in [0.5, 0.6) is 0 Å². The van der Waals surface area contributed by atoms with Crippen LogP contribution in [0.4, 0.5) is 0 Å². The molecule has 0 radical (unpaired) electrons. The number of methoxy groups -OCH3 is 1. The fourth-order valence-electron chi connectivity index (χ4n) is 2.81. The molecule has 4 heteroatoms. The molecule has 0 aliphatic carbocycles. The summed E-state index contributed by atoms with van der Waals surface area (Å²) in [6, 6.07) is 2.09. The minimum absolute atomic E-state index is 0.735. The molecule has 2 rings (SSSR count). The summed E-state index contributed by atoms with van der Waals surface area (Å²) in [6.07, 6.45) is 5.45. The maximum atomic E-state index is 5.67. The zero-order chi connectivity index (χ0) is 14.2. The normalized spacial score (nSPS) is 17.7. The quantitative estimate of drug-likeness (QED) is 0.743. The second-order valence-electron chi connectivity index (χ2n) is 5.72. The molecule has 1 aliphatic rings. The van der Waals surface area contributed by atoms with E-state index in [-0.39, 0.29) is 0 Å². The number of ether oxygens (including phenoxy) is 1. The summed E-state index contributed by atoms with van der Waals surface area (Å²) in [5.74, 6) is 1.86. The van der Waals surface area contributed by atoms with Crippen molar-refractivity contribution >= 4 is 0 Å². The Morgan fingerprint density at radius 1 is 1.40 bits per heavy atom. The minimum atomic E-state index is 0.735. The molecule has 0 saturated carbocycles. The highest BCUT2D eigenvalue weighted by molar-refractivity contribution is 5.16. The van der Waals surface area contributed by atoms with Gasteiger partial charge in [-0.3, -0.25) is 4.90 Å². The number of hydrogen-bond acceptors (Lipinski definition) is 4. The van der Waals surface area contributed by atoms with Gasteiger partial charge >= 0.3 is 0 Å². The van der Waals surface area contributed by atoms with Gasteiger partial charge in [-0.25, -0.2) is 0 Å². The van der Waals surface area contributed by atoms with Crippen molar-refractivity contribution in [3.05, 3.63) is 23.7 Å². The molecule has 0 spiro atoms. The lowest BCUT2D eigenvalue weighted by Gasteiger charge is -2.31. The van der Waals surface area contributed by atoms with Crippen molar-refractivity contribution in [1.82, 2.24) is 10.2 Å². The maximum absolute atomic E-state index is 5.67. The van der Waals surface area contributed by atoms with Crippen LogP contribution in [0, 0.1) is 5.92 Å². The highest BCUT2D eigenvalue weighted by Gasteiger charge is 2.20. The molecule has 1 aromatic rings. The first kappa shape index (κ1) is 15.5. The molecule has 114 valence electrons. The Kier molecular flexibility index (Phi) is 6.57. The highest BCUT2D eigenvalue weighted by Crippen LogP contribution is 2.21. The summed E-state index contributed by atoms with van der Waals surface area (Å²) in [4.78, 5) is 2.49. The van der Waals surface area contributed by atoms with Gasteiger partial charge in [0.1, 0.15) is 5.76 Å². The van der Waals surface area contributed by atoms with Crippen molar-refractivity contribution in [2.75, 3.05) is 33.4 Å². The monoisotopic (exact) mass is 280 g/mol. The maximum Gasteiger partial charge on any atom is 0.122 e. The molecule has 4 nitrogen and oxygen atoms in total. The van der Waals surface area contributed by atoms with Crippen LogP contribution in [-0.4, -0.2) is 38.3 Å². The Morgan fingerprint density at radius 3 is 2.90 bits per heavy atom. The molecule has 0 aromatic carbocycles. The Balaban J connectivity index is 1.78. The number of hydrogen-bond donors (Lipinski definition) is 1. The lowest BCUT2D eigenvalue weighted by Crippen LogP contribution is -2.34. The van der Waals surface area contributed by atoms with Gasteiger partial charge in [0.05, 0.1) is 12.8 Å². The van der Waals surface area contributed by atoms with E-state index in [4.69, 9.17) is 9.15 Å². The summed E-state index contributed by atoms with van der Waals surface area (Å²) in [5.41, 5.74) is 1.30. The van der Waals surface area contributed by atoms with Gasteiger partial charge in [0.25, 0.3) is 0 Å². The van der Waals surface area contributed by atoms with Crippen LogP contribution >= 0.6 is 0 Å². The number of likely N-dealkylation sites (tertiary alicyclic amines) is 1. The summed E-state index contributed by atoms with van der Waals surface area (Å²) in [7, 11) is 1.80. The van der Waals surface area contributed by atoms with Crippen molar-refractivity contribution in [3.8, 4) is 0 Å². The Bertz CT molecular complexity index is 370. The number of rotatable bonds is 8. The lowest BCUT2D eigenvalue weighted by atomic mass is 9.97. The third-order valence-electron chi connectivity index (χ3n) is 4.06. The molecule has 2 heterocycles.